The third kappa shape index (κ3) is 5.04. The predicted octanol–water partition coefficient (Wildman–Crippen LogP) is 7.17. The van der Waals surface area contributed by atoms with E-state index in [9.17, 15) is 9.90 Å². The Morgan fingerprint density at radius 2 is 1.68 bits per heavy atom. The molecule has 44 heavy (non-hydrogen) atoms. The first kappa shape index (κ1) is 28.0. The van der Waals surface area contributed by atoms with Crippen molar-refractivity contribution in [3.8, 4) is 28.5 Å². The van der Waals surface area contributed by atoms with E-state index < -0.39 is 5.97 Å². The molecule has 13 heteroatoms. The van der Waals surface area contributed by atoms with Crippen LogP contribution in [-0.4, -0.2) is 48.0 Å². The Hall–Kier alpha value is -3.54. The van der Waals surface area contributed by atoms with Crippen LogP contribution in [0.15, 0.2) is 33.6 Å². The Kier molecular flexibility index (Phi) is 6.69. The van der Waals surface area contributed by atoms with Gasteiger partial charge in [-0.2, -0.15) is 4.98 Å². The summed E-state index contributed by atoms with van der Waals surface area (Å²) in [6.07, 6.45) is 12.3. The largest absolute Gasteiger partial charge is 0.477 e. The average Bonchev–Trinajstić information content (AvgIpc) is 3.95. The summed E-state index contributed by atoms with van der Waals surface area (Å²) in [7, 11) is 0. The number of rotatable bonds is 10. The third-order valence-electron chi connectivity index (χ3n) is 9.53. The lowest BCUT2D eigenvalue weighted by Crippen LogP contribution is -2.49. The monoisotopic (exact) mass is 637 g/mol. The molecule has 0 atom stereocenters. The number of ether oxygens (including phenoxy) is 2. The standard InChI is InChI=1S/C31H29Cl2N5O6/c32-20-13-34-14-21(33)24(20)25-19(26(43-37-25)16-1-2-16)15-41-31-8-5-30(6-9-31,7-10-31)29-36-27(38-44-29)17-11-22(28(39)40)35-23(12-17)42-18-3-4-18/h11-14,16,18H,1-10,15H2,(H,39,40). The molecule has 0 amide bonds. The van der Waals surface area contributed by atoms with Gasteiger partial charge in [-0.15, -0.1) is 0 Å². The highest BCUT2D eigenvalue weighted by Gasteiger charge is 2.53. The fourth-order valence-electron chi connectivity index (χ4n) is 6.59. The van der Waals surface area contributed by atoms with Gasteiger partial charge in [-0.25, -0.2) is 9.78 Å². The number of hydrogen-bond acceptors (Lipinski definition) is 10. The molecule has 9 rings (SSSR count). The Balaban J connectivity index is 0.998. The maximum atomic E-state index is 11.7. The maximum absolute atomic E-state index is 11.7. The van der Waals surface area contributed by atoms with Crippen LogP contribution in [0.25, 0.3) is 22.6 Å². The van der Waals surface area contributed by atoms with E-state index in [1.807, 2.05) is 0 Å². The van der Waals surface area contributed by atoms with Gasteiger partial charge in [0.25, 0.3) is 0 Å². The van der Waals surface area contributed by atoms with Crippen molar-refractivity contribution >= 4 is 29.2 Å². The first-order valence-electron chi connectivity index (χ1n) is 15.0. The summed E-state index contributed by atoms with van der Waals surface area (Å²) in [5.74, 6) is 1.23. The van der Waals surface area contributed by atoms with Crippen molar-refractivity contribution in [1.82, 2.24) is 25.3 Å². The van der Waals surface area contributed by atoms with Gasteiger partial charge in [0.05, 0.1) is 27.7 Å². The minimum atomic E-state index is -1.14. The molecule has 5 aliphatic carbocycles. The van der Waals surface area contributed by atoms with E-state index >= 15 is 0 Å². The van der Waals surface area contributed by atoms with E-state index in [0.717, 1.165) is 75.5 Å². The molecular formula is C31H29Cl2N5O6. The molecule has 0 spiro atoms. The molecule has 5 saturated carbocycles. The van der Waals surface area contributed by atoms with Crippen LogP contribution in [0.3, 0.4) is 0 Å². The summed E-state index contributed by atoms with van der Waals surface area (Å²) in [5.41, 5.74) is 2.01. The number of fused-ring (bicyclic) bond motifs is 3. The normalized spacial score (nSPS) is 24.5. The number of aromatic carboxylic acids is 1. The van der Waals surface area contributed by atoms with Gasteiger partial charge >= 0.3 is 5.97 Å². The Labute approximate surface area is 262 Å². The van der Waals surface area contributed by atoms with Crippen molar-refractivity contribution in [2.75, 3.05) is 0 Å². The van der Waals surface area contributed by atoms with Crippen LogP contribution < -0.4 is 4.74 Å². The van der Waals surface area contributed by atoms with Crippen molar-refractivity contribution in [1.29, 1.82) is 0 Å². The second-order valence-corrected chi connectivity index (χ2v) is 13.3. The van der Waals surface area contributed by atoms with E-state index in [2.05, 4.69) is 20.3 Å². The predicted molar refractivity (Wildman–Crippen MR) is 157 cm³/mol. The van der Waals surface area contributed by atoms with Crippen LogP contribution >= 0.6 is 23.2 Å². The second-order valence-electron chi connectivity index (χ2n) is 12.5. The summed E-state index contributed by atoms with van der Waals surface area (Å²) in [6, 6.07) is 3.13. The van der Waals surface area contributed by atoms with Gasteiger partial charge in [0.1, 0.15) is 17.6 Å². The summed E-state index contributed by atoms with van der Waals surface area (Å²) in [5, 5.41) is 19.0. The molecule has 0 unspecified atom stereocenters. The summed E-state index contributed by atoms with van der Waals surface area (Å²) >= 11 is 13.0. The number of pyridine rings is 2. The molecule has 4 aromatic heterocycles. The SMILES string of the molecule is O=C(O)c1cc(-c2noc(C34CCC(OCc5c(-c6c(Cl)cncc6Cl)noc5C5CC5)(CC3)CC4)n2)cc(OC2CC2)n1. The molecule has 5 fully saturated rings. The zero-order valence-corrected chi connectivity index (χ0v) is 25.2. The molecule has 4 heterocycles. The zero-order valence-electron chi connectivity index (χ0n) is 23.7. The highest BCUT2D eigenvalue weighted by molar-refractivity contribution is 6.38. The molecule has 0 aromatic carbocycles. The second kappa shape index (κ2) is 10.5. The summed E-state index contributed by atoms with van der Waals surface area (Å²) in [6.45, 7) is 0.358. The molecule has 0 aliphatic heterocycles. The van der Waals surface area contributed by atoms with E-state index in [1.165, 1.54) is 6.07 Å². The minimum absolute atomic E-state index is 0.0778. The van der Waals surface area contributed by atoms with Gasteiger partial charge in [-0.1, -0.05) is 33.5 Å². The van der Waals surface area contributed by atoms with Gasteiger partial charge in [0, 0.05) is 41.1 Å². The highest BCUT2D eigenvalue weighted by atomic mass is 35.5. The molecule has 4 aromatic rings. The zero-order chi connectivity index (χ0) is 30.1. The van der Waals surface area contributed by atoms with Crippen LogP contribution in [-0.2, 0) is 16.8 Å². The number of carboxylic acids is 1. The van der Waals surface area contributed by atoms with E-state index in [-0.39, 0.29) is 28.7 Å². The van der Waals surface area contributed by atoms with Gasteiger partial charge in [-0.05, 0) is 70.3 Å². The van der Waals surface area contributed by atoms with Gasteiger partial charge in [-0.3, -0.25) is 4.98 Å². The molecule has 0 saturated heterocycles. The number of nitrogens with zero attached hydrogens (tertiary/aromatic N) is 5. The van der Waals surface area contributed by atoms with E-state index in [0.29, 0.717) is 51.1 Å². The lowest BCUT2D eigenvalue weighted by atomic mass is 9.58. The Bertz CT molecular complexity index is 1720. The smallest absolute Gasteiger partial charge is 0.354 e. The third-order valence-corrected chi connectivity index (χ3v) is 10.1. The number of carbonyl (C=O) groups is 1. The first-order valence-corrected chi connectivity index (χ1v) is 15.8. The molecule has 228 valence electrons. The van der Waals surface area contributed by atoms with E-state index in [1.54, 1.807) is 18.5 Å². The van der Waals surface area contributed by atoms with Gasteiger partial charge in [0.15, 0.2) is 5.69 Å². The van der Waals surface area contributed by atoms with E-state index in [4.69, 9.17) is 46.7 Å². The maximum Gasteiger partial charge on any atom is 0.354 e. The van der Waals surface area contributed by atoms with Crippen LogP contribution in [0.1, 0.15) is 97.8 Å². The van der Waals surface area contributed by atoms with Crippen LogP contribution in [0, 0.1) is 0 Å². The van der Waals surface area contributed by atoms with Crippen molar-refractivity contribution in [3.05, 3.63) is 57.5 Å². The summed E-state index contributed by atoms with van der Waals surface area (Å²) in [4.78, 5) is 24.7. The van der Waals surface area contributed by atoms with Gasteiger partial charge in [0.2, 0.25) is 17.6 Å². The van der Waals surface area contributed by atoms with Crippen LogP contribution in [0.5, 0.6) is 5.88 Å². The topological polar surface area (TPSA) is 146 Å². The Morgan fingerprint density at radius 1 is 0.955 bits per heavy atom. The average molecular weight is 639 g/mol. The van der Waals surface area contributed by atoms with Crippen molar-refractivity contribution in [2.24, 2.45) is 0 Å². The van der Waals surface area contributed by atoms with Crippen molar-refractivity contribution < 1.29 is 28.4 Å². The quantitative estimate of drug-likeness (QED) is 0.189. The fourth-order valence-corrected chi connectivity index (χ4v) is 7.14. The number of halogens is 2. The molecule has 2 bridgehead atoms. The van der Waals surface area contributed by atoms with Crippen molar-refractivity contribution in [2.45, 2.75) is 93.9 Å². The highest BCUT2D eigenvalue weighted by Crippen LogP contribution is 2.55. The van der Waals surface area contributed by atoms with Crippen molar-refractivity contribution in [3.63, 3.8) is 0 Å². The van der Waals surface area contributed by atoms with Crippen LogP contribution in [0.2, 0.25) is 10.0 Å². The van der Waals surface area contributed by atoms with Gasteiger partial charge < -0.3 is 23.6 Å². The lowest BCUT2D eigenvalue weighted by Gasteiger charge is -2.51. The minimum Gasteiger partial charge on any atom is -0.477 e. The molecular weight excluding hydrogens is 609 g/mol. The first-order chi connectivity index (χ1) is 21.3. The molecule has 5 aliphatic rings. The molecule has 1 N–H and O–H groups in total. The van der Waals surface area contributed by atoms with Crippen LogP contribution in [0.4, 0.5) is 0 Å². The molecule has 0 radical (unpaired) electrons. The lowest BCUT2D eigenvalue weighted by molar-refractivity contribution is -0.130. The number of hydrogen-bond donors (Lipinski definition) is 1. The fraction of sp³-hybridized carbons (Fsp3) is 0.484. The number of carboxylic acid groups (broad SMARTS) is 1. The number of aromatic nitrogens is 5. The molecule has 11 nitrogen and oxygen atoms in total. The Morgan fingerprint density at radius 3 is 2.34 bits per heavy atom. The summed E-state index contributed by atoms with van der Waals surface area (Å²) < 4.78 is 24.2.